The van der Waals surface area contributed by atoms with Gasteiger partial charge in [0.2, 0.25) is 5.91 Å². The van der Waals surface area contributed by atoms with Crippen LogP contribution < -0.4 is 5.32 Å². The molecule has 0 radical (unpaired) electrons. The smallest absolute Gasteiger partial charge is 0.230 e. The van der Waals surface area contributed by atoms with Gasteiger partial charge in [0.25, 0.3) is 0 Å². The summed E-state index contributed by atoms with van der Waals surface area (Å²) in [5.41, 5.74) is 0.779. The molecular formula is C22H30FNO. The second-order valence-corrected chi connectivity index (χ2v) is 9.44. The third-order valence-corrected chi connectivity index (χ3v) is 8.37. The Bertz CT molecular complexity index is 691. The third-order valence-electron chi connectivity index (χ3n) is 8.37. The first-order valence-corrected chi connectivity index (χ1v) is 9.87. The van der Waals surface area contributed by atoms with E-state index in [4.69, 9.17) is 0 Å². The zero-order valence-corrected chi connectivity index (χ0v) is 15.7. The van der Waals surface area contributed by atoms with Crippen LogP contribution in [0.1, 0.15) is 71.3 Å². The Morgan fingerprint density at radius 2 is 1.88 bits per heavy atom. The van der Waals surface area contributed by atoms with Gasteiger partial charge in [-0.15, -0.1) is 0 Å². The van der Waals surface area contributed by atoms with Crippen LogP contribution in [-0.4, -0.2) is 11.9 Å². The molecule has 0 unspecified atom stereocenters. The molecule has 3 heteroatoms. The number of nitrogens with one attached hydrogen (secondary N) is 1. The lowest BCUT2D eigenvalue weighted by molar-refractivity contribution is -0.128. The minimum absolute atomic E-state index is 0.130. The summed E-state index contributed by atoms with van der Waals surface area (Å²) in [4.78, 5) is 13.4. The van der Waals surface area contributed by atoms with Gasteiger partial charge in [0.1, 0.15) is 5.82 Å². The van der Waals surface area contributed by atoms with Crippen LogP contribution in [0.3, 0.4) is 0 Å². The van der Waals surface area contributed by atoms with Gasteiger partial charge in [-0.1, -0.05) is 45.7 Å². The van der Waals surface area contributed by atoms with Crippen molar-refractivity contribution < 1.29 is 9.18 Å². The second-order valence-electron chi connectivity index (χ2n) is 9.44. The Kier molecular flexibility index (Phi) is 3.79. The van der Waals surface area contributed by atoms with E-state index in [9.17, 15) is 9.18 Å². The fourth-order valence-electron chi connectivity index (χ4n) is 6.13. The summed E-state index contributed by atoms with van der Waals surface area (Å²) in [5.74, 6) is 0.589. The summed E-state index contributed by atoms with van der Waals surface area (Å²) in [5, 5.41) is 3.45. The Morgan fingerprint density at radius 3 is 2.44 bits per heavy atom. The van der Waals surface area contributed by atoms with Crippen LogP contribution in [-0.2, 0) is 10.2 Å². The molecule has 3 atom stereocenters. The van der Waals surface area contributed by atoms with E-state index in [1.165, 1.54) is 18.9 Å². The van der Waals surface area contributed by atoms with Crippen LogP contribution in [0.4, 0.5) is 4.39 Å². The molecule has 0 aliphatic heterocycles. The normalized spacial score (nSPS) is 35.0. The maximum absolute atomic E-state index is 13.8. The molecule has 2 bridgehead atoms. The Hall–Kier alpha value is -1.38. The van der Waals surface area contributed by atoms with Crippen molar-refractivity contribution in [3.63, 3.8) is 0 Å². The fourth-order valence-corrected chi connectivity index (χ4v) is 6.13. The van der Waals surface area contributed by atoms with Crippen molar-refractivity contribution in [1.29, 1.82) is 0 Å². The second kappa shape index (κ2) is 5.56. The van der Waals surface area contributed by atoms with Gasteiger partial charge in [-0.05, 0) is 66.5 Å². The molecule has 4 rings (SSSR count). The van der Waals surface area contributed by atoms with Gasteiger partial charge in [0.15, 0.2) is 0 Å². The first-order valence-electron chi connectivity index (χ1n) is 9.87. The van der Waals surface area contributed by atoms with Gasteiger partial charge >= 0.3 is 0 Å². The summed E-state index contributed by atoms with van der Waals surface area (Å²) >= 11 is 0. The van der Waals surface area contributed by atoms with E-state index in [2.05, 4.69) is 26.1 Å². The number of fused-ring (bicyclic) bond motifs is 2. The molecule has 1 aromatic carbocycles. The summed E-state index contributed by atoms with van der Waals surface area (Å²) in [7, 11) is 0. The quantitative estimate of drug-likeness (QED) is 0.825. The summed E-state index contributed by atoms with van der Waals surface area (Å²) < 4.78 is 13.8. The number of hydrogen-bond acceptors (Lipinski definition) is 1. The zero-order valence-electron chi connectivity index (χ0n) is 15.7. The van der Waals surface area contributed by atoms with Crippen molar-refractivity contribution in [2.45, 2.75) is 77.2 Å². The summed E-state index contributed by atoms with van der Waals surface area (Å²) in [6, 6.07) is 6.95. The van der Waals surface area contributed by atoms with Crippen molar-refractivity contribution in [3.8, 4) is 0 Å². The van der Waals surface area contributed by atoms with Crippen LogP contribution in [0.15, 0.2) is 24.3 Å². The maximum atomic E-state index is 13.8. The van der Waals surface area contributed by atoms with Crippen LogP contribution in [0.5, 0.6) is 0 Å². The van der Waals surface area contributed by atoms with Crippen LogP contribution in [0.2, 0.25) is 0 Å². The van der Waals surface area contributed by atoms with Crippen LogP contribution >= 0.6 is 0 Å². The molecule has 2 nitrogen and oxygen atoms in total. The molecule has 1 N–H and O–H groups in total. The SMILES string of the molecule is CC1(C)[C@H]2CC[C@]1(C)[C@H](NC(=O)C1(c3cccc(F)c3)CCCC1)C2. The topological polar surface area (TPSA) is 29.1 Å². The Labute approximate surface area is 150 Å². The predicted molar refractivity (Wildman–Crippen MR) is 97.7 cm³/mol. The van der Waals surface area contributed by atoms with Crippen LogP contribution in [0, 0.1) is 22.6 Å². The summed E-state index contributed by atoms with van der Waals surface area (Å²) in [6.07, 6.45) is 7.32. The third kappa shape index (κ3) is 2.30. The van der Waals surface area contributed by atoms with Gasteiger partial charge in [-0.2, -0.15) is 0 Å². The first kappa shape index (κ1) is 17.1. The number of carbonyl (C=O) groups is 1. The van der Waals surface area contributed by atoms with E-state index in [1.54, 1.807) is 12.1 Å². The molecule has 0 spiro atoms. The van der Waals surface area contributed by atoms with Crippen molar-refractivity contribution >= 4 is 5.91 Å². The van der Waals surface area contributed by atoms with E-state index in [1.807, 2.05) is 6.07 Å². The van der Waals surface area contributed by atoms with Crippen molar-refractivity contribution in [1.82, 2.24) is 5.32 Å². The average Bonchev–Trinajstić information content (AvgIpc) is 3.19. The predicted octanol–water partition coefficient (Wildman–Crippen LogP) is 4.97. The number of carbonyl (C=O) groups excluding carboxylic acids is 1. The molecule has 3 fully saturated rings. The molecule has 25 heavy (non-hydrogen) atoms. The molecule has 3 aliphatic rings. The molecule has 1 aromatic rings. The van der Waals surface area contributed by atoms with Gasteiger partial charge in [-0.25, -0.2) is 4.39 Å². The highest BCUT2D eigenvalue weighted by molar-refractivity contribution is 5.89. The van der Waals surface area contributed by atoms with E-state index >= 15 is 0 Å². The van der Waals surface area contributed by atoms with E-state index in [0.717, 1.165) is 37.7 Å². The highest BCUT2D eigenvalue weighted by atomic mass is 19.1. The van der Waals surface area contributed by atoms with Gasteiger partial charge in [-0.3, -0.25) is 4.79 Å². The minimum Gasteiger partial charge on any atom is -0.352 e. The molecule has 0 heterocycles. The lowest BCUT2D eigenvalue weighted by Gasteiger charge is -2.41. The average molecular weight is 343 g/mol. The highest BCUT2D eigenvalue weighted by Crippen LogP contribution is 2.65. The molecule has 1 amide bonds. The van der Waals surface area contributed by atoms with Gasteiger partial charge in [0, 0.05) is 6.04 Å². The molecule has 3 saturated carbocycles. The molecule has 136 valence electrons. The van der Waals surface area contributed by atoms with Gasteiger partial charge in [0.05, 0.1) is 5.41 Å². The molecule has 0 aromatic heterocycles. The number of hydrogen-bond donors (Lipinski definition) is 1. The lowest BCUT2D eigenvalue weighted by atomic mass is 9.68. The summed E-state index contributed by atoms with van der Waals surface area (Å²) in [6.45, 7) is 7.10. The monoisotopic (exact) mass is 343 g/mol. The van der Waals surface area contributed by atoms with Crippen molar-refractivity contribution in [2.75, 3.05) is 0 Å². The molecule has 3 aliphatic carbocycles. The van der Waals surface area contributed by atoms with E-state index in [-0.39, 0.29) is 28.6 Å². The highest BCUT2D eigenvalue weighted by Gasteiger charge is 2.62. The van der Waals surface area contributed by atoms with Gasteiger partial charge < -0.3 is 5.32 Å². The van der Waals surface area contributed by atoms with E-state index in [0.29, 0.717) is 5.92 Å². The fraction of sp³-hybridized carbons (Fsp3) is 0.682. The maximum Gasteiger partial charge on any atom is 0.230 e. The van der Waals surface area contributed by atoms with Crippen molar-refractivity contribution in [2.24, 2.45) is 16.7 Å². The lowest BCUT2D eigenvalue weighted by Crippen LogP contribution is -2.52. The number of halogens is 1. The number of rotatable bonds is 3. The van der Waals surface area contributed by atoms with Crippen LogP contribution in [0.25, 0.3) is 0 Å². The first-order chi connectivity index (χ1) is 11.8. The number of amides is 1. The Balaban J connectivity index is 1.61. The molecular weight excluding hydrogens is 313 g/mol. The Morgan fingerprint density at radius 1 is 1.16 bits per heavy atom. The standard InChI is InChI=1S/C22H30FNO/c1-20(2)15-9-12-21(20,3)18(14-15)24-19(25)22(10-4-5-11-22)16-7-6-8-17(23)13-16/h6-8,13,15,18H,4-5,9-12,14H2,1-3H3,(H,24,25)/t15-,18+,21+/m0/s1. The van der Waals surface area contributed by atoms with E-state index < -0.39 is 5.41 Å². The van der Waals surface area contributed by atoms with Crippen molar-refractivity contribution in [3.05, 3.63) is 35.6 Å². The minimum atomic E-state index is -0.537. The number of benzene rings is 1. The molecule has 0 saturated heterocycles. The zero-order chi connectivity index (χ0) is 17.9. The largest absolute Gasteiger partial charge is 0.352 e.